The lowest BCUT2D eigenvalue weighted by Gasteiger charge is -2.26. The molecule has 1 aromatic heterocycles. The van der Waals surface area contributed by atoms with Crippen molar-refractivity contribution in [2.45, 2.75) is 39.7 Å². The first kappa shape index (κ1) is 15.7. The second kappa shape index (κ2) is 8.68. The molecule has 2 nitrogen and oxygen atoms in total. The minimum absolute atomic E-state index is 0.684. The van der Waals surface area contributed by atoms with Gasteiger partial charge in [-0.1, -0.05) is 13.8 Å². The van der Waals surface area contributed by atoms with E-state index in [9.17, 15) is 0 Å². The van der Waals surface area contributed by atoms with Gasteiger partial charge in [-0.3, -0.25) is 0 Å². The van der Waals surface area contributed by atoms with Gasteiger partial charge < -0.3 is 10.2 Å². The largest absolute Gasteiger partial charge is 0.315 e. The molecule has 1 unspecified atom stereocenters. The lowest BCUT2D eigenvalue weighted by Crippen LogP contribution is -2.36. The highest BCUT2D eigenvalue weighted by atomic mass is 32.1. The van der Waals surface area contributed by atoms with Crippen molar-refractivity contribution in [2.75, 3.05) is 26.7 Å². The van der Waals surface area contributed by atoms with Crippen LogP contribution in [0.25, 0.3) is 0 Å². The summed E-state index contributed by atoms with van der Waals surface area (Å²) in [6.07, 6.45) is 2.43. The van der Waals surface area contributed by atoms with E-state index in [-0.39, 0.29) is 0 Å². The van der Waals surface area contributed by atoms with Crippen LogP contribution in [0.1, 0.15) is 32.8 Å². The highest BCUT2D eigenvalue weighted by Crippen LogP contribution is 2.09. The van der Waals surface area contributed by atoms with E-state index in [1.165, 1.54) is 12.0 Å². The third kappa shape index (κ3) is 6.53. The van der Waals surface area contributed by atoms with E-state index in [1.807, 2.05) is 0 Å². The summed E-state index contributed by atoms with van der Waals surface area (Å²) >= 11 is 1.78. The van der Waals surface area contributed by atoms with Gasteiger partial charge in [-0.05, 0) is 61.7 Å². The van der Waals surface area contributed by atoms with E-state index in [4.69, 9.17) is 0 Å². The van der Waals surface area contributed by atoms with Gasteiger partial charge in [0.25, 0.3) is 0 Å². The van der Waals surface area contributed by atoms with Crippen molar-refractivity contribution in [3.8, 4) is 0 Å². The van der Waals surface area contributed by atoms with Crippen LogP contribution in [0.5, 0.6) is 0 Å². The topological polar surface area (TPSA) is 15.3 Å². The predicted octanol–water partition coefficient (Wildman–Crippen LogP) is 3.25. The average Bonchev–Trinajstić information content (AvgIpc) is 2.80. The Morgan fingerprint density at radius 2 is 2.06 bits per heavy atom. The number of hydrogen-bond acceptors (Lipinski definition) is 3. The standard InChI is InChI=1S/C15H28N2S/c1-13(2)11-14(3)17(4)9-8-16-7-5-15-6-10-18-12-15/h6,10,12-14,16H,5,7-9,11H2,1-4H3. The second-order valence-corrected chi connectivity index (χ2v) is 6.37. The van der Waals surface area contributed by atoms with Crippen LogP contribution in [0, 0.1) is 5.92 Å². The summed E-state index contributed by atoms with van der Waals surface area (Å²) < 4.78 is 0. The molecule has 0 spiro atoms. The third-order valence-electron chi connectivity index (χ3n) is 3.38. The van der Waals surface area contributed by atoms with Gasteiger partial charge in [0.2, 0.25) is 0 Å². The van der Waals surface area contributed by atoms with Crippen LogP contribution >= 0.6 is 11.3 Å². The van der Waals surface area contributed by atoms with Gasteiger partial charge in [0.15, 0.2) is 0 Å². The molecule has 0 bridgehead atoms. The Morgan fingerprint density at radius 3 is 2.67 bits per heavy atom. The van der Waals surface area contributed by atoms with Gasteiger partial charge >= 0.3 is 0 Å². The second-order valence-electron chi connectivity index (χ2n) is 5.59. The zero-order valence-corrected chi connectivity index (χ0v) is 13.1. The van der Waals surface area contributed by atoms with Crippen LogP contribution in [0.15, 0.2) is 16.8 Å². The molecule has 0 amide bonds. The molecule has 0 aliphatic rings. The molecule has 18 heavy (non-hydrogen) atoms. The van der Waals surface area contributed by atoms with Gasteiger partial charge in [-0.25, -0.2) is 0 Å². The Bertz CT molecular complexity index is 295. The van der Waals surface area contributed by atoms with E-state index >= 15 is 0 Å². The van der Waals surface area contributed by atoms with E-state index in [1.54, 1.807) is 11.3 Å². The summed E-state index contributed by atoms with van der Waals surface area (Å²) in [5.41, 5.74) is 1.45. The first-order chi connectivity index (χ1) is 8.59. The zero-order chi connectivity index (χ0) is 13.4. The van der Waals surface area contributed by atoms with Crippen molar-refractivity contribution in [1.82, 2.24) is 10.2 Å². The highest BCUT2D eigenvalue weighted by Gasteiger charge is 2.09. The molecule has 1 aromatic rings. The molecule has 3 heteroatoms. The molecular weight excluding hydrogens is 240 g/mol. The minimum atomic E-state index is 0.684. The van der Waals surface area contributed by atoms with Crippen LogP contribution in [-0.2, 0) is 6.42 Å². The van der Waals surface area contributed by atoms with Crippen LogP contribution in [-0.4, -0.2) is 37.6 Å². The maximum atomic E-state index is 3.53. The van der Waals surface area contributed by atoms with Gasteiger partial charge in [-0.2, -0.15) is 11.3 Å². The maximum Gasteiger partial charge on any atom is 0.0107 e. The smallest absolute Gasteiger partial charge is 0.0107 e. The number of hydrogen-bond donors (Lipinski definition) is 1. The van der Waals surface area contributed by atoms with E-state index in [0.717, 1.165) is 32.0 Å². The molecular formula is C15H28N2S. The zero-order valence-electron chi connectivity index (χ0n) is 12.3. The molecule has 0 aromatic carbocycles. The van der Waals surface area contributed by atoms with E-state index in [0.29, 0.717) is 6.04 Å². The van der Waals surface area contributed by atoms with Crippen molar-refractivity contribution >= 4 is 11.3 Å². The Labute approximate surface area is 116 Å². The number of likely N-dealkylation sites (N-methyl/N-ethyl adjacent to an activating group) is 1. The average molecular weight is 268 g/mol. The predicted molar refractivity (Wildman–Crippen MR) is 82.4 cm³/mol. The molecule has 104 valence electrons. The van der Waals surface area contributed by atoms with Gasteiger partial charge in [0, 0.05) is 19.1 Å². The third-order valence-corrected chi connectivity index (χ3v) is 4.11. The minimum Gasteiger partial charge on any atom is -0.315 e. The van der Waals surface area contributed by atoms with Gasteiger partial charge in [0.05, 0.1) is 0 Å². The maximum absolute atomic E-state index is 3.53. The molecule has 1 rings (SSSR count). The molecule has 1 atom stereocenters. The summed E-state index contributed by atoms with van der Waals surface area (Å²) in [7, 11) is 2.23. The van der Waals surface area contributed by atoms with Crippen molar-refractivity contribution < 1.29 is 0 Å². The number of nitrogens with one attached hydrogen (secondary N) is 1. The Hall–Kier alpha value is -0.380. The molecule has 1 heterocycles. The summed E-state index contributed by atoms with van der Waals surface area (Å²) in [6.45, 7) is 10.2. The van der Waals surface area contributed by atoms with Crippen LogP contribution in [0.2, 0.25) is 0 Å². The van der Waals surface area contributed by atoms with Crippen LogP contribution in [0.4, 0.5) is 0 Å². The SMILES string of the molecule is CC(C)CC(C)N(C)CCNCCc1ccsc1. The Morgan fingerprint density at radius 1 is 1.28 bits per heavy atom. The monoisotopic (exact) mass is 268 g/mol. The fourth-order valence-corrected chi connectivity index (χ4v) is 2.83. The number of rotatable bonds is 9. The van der Waals surface area contributed by atoms with E-state index in [2.05, 4.69) is 54.9 Å². The number of thiophene rings is 1. The molecule has 1 N–H and O–H groups in total. The summed E-state index contributed by atoms with van der Waals surface area (Å²) in [6, 6.07) is 2.90. The summed E-state index contributed by atoms with van der Waals surface area (Å²) in [5.74, 6) is 0.786. The highest BCUT2D eigenvalue weighted by molar-refractivity contribution is 7.07. The Balaban J connectivity index is 2.03. The van der Waals surface area contributed by atoms with Crippen molar-refractivity contribution in [3.05, 3.63) is 22.4 Å². The number of nitrogens with zero attached hydrogens (tertiary/aromatic N) is 1. The lowest BCUT2D eigenvalue weighted by molar-refractivity contribution is 0.229. The molecule has 0 fully saturated rings. The summed E-state index contributed by atoms with van der Waals surface area (Å²) in [4.78, 5) is 2.46. The van der Waals surface area contributed by atoms with Gasteiger partial charge in [-0.15, -0.1) is 0 Å². The molecule has 0 saturated carbocycles. The first-order valence-electron chi connectivity index (χ1n) is 7.01. The van der Waals surface area contributed by atoms with E-state index < -0.39 is 0 Å². The normalized spacial score (nSPS) is 13.4. The van der Waals surface area contributed by atoms with Crippen molar-refractivity contribution in [3.63, 3.8) is 0 Å². The quantitative estimate of drug-likeness (QED) is 0.692. The van der Waals surface area contributed by atoms with Crippen molar-refractivity contribution in [2.24, 2.45) is 5.92 Å². The van der Waals surface area contributed by atoms with Crippen LogP contribution < -0.4 is 5.32 Å². The molecule has 0 radical (unpaired) electrons. The molecule has 0 aliphatic carbocycles. The lowest BCUT2D eigenvalue weighted by atomic mass is 10.0. The fourth-order valence-electron chi connectivity index (χ4n) is 2.13. The molecule has 0 saturated heterocycles. The van der Waals surface area contributed by atoms with Gasteiger partial charge in [0.1, 0.15) is 0 Å². The molecule has 0 aliphatic heterocycles. The summed E-state index contributed by atoms with van der Waals surface area (Å²) in [5, 5.41) is 7.91. The van der Waals surface area contributed by atoms with Crippen molar-refractivity contribution in [1.29, 1.82) is 0 Å². The Kier molecular flexibility index (Phi) is 7.56. The van der Waals surface area contributed by atoms with Crippen LogP contribution in [0.3, 0.4) is 0 Å². The fraction of sp³-hybridized carbons (Fsp3) is 0.733. The first-order valence-corrected chi connectivity index (χ1v) is 7.96.